The fourth-order valence-electron chi connectivity index (χ4n) is 1.24. The monoisotopic (exact) mass is 267 g/mol. The highest BCUT2D eigenvalue weighted by Crippen LogP contribution is 2.18. The highest BCUT2D eigenvalue weighted by molar-refractivity contribution is 9.10. The summed E-state index contributed by atoms with van der Waals surface area (Å²) >= 11 is 3.30. The van der Waals surface area contributed by atoms with Crippen LogP contribution in [0, 0.1) is 6.92 Å². The molecule has 0 unspecified atom stereocenters. The van der Waals surface area contributed by atoms with E-state index in [0.29, 0.717) is 12.4 Å². The Morgan fingerprint density at radius 3 is 2.93 bits per heavy atom. The third kappa shape index (κ3) is 2.15. The lowest BCUT2D eigenvalue weighted by Gasteiger charge is -2.03. The van der Waals surface area contributed by atoms with Crippen LogP contribution in [0.15, 0.2) is 22.9 Å². The molecule has 0 aromatic carbocycles. The average molecular weight is 268 g/mol. The molecule has 0 aliphatic heterocycles. The van der Waals surface area contributed by atoms with E-state index in [-0.39, 0.29) is 0 Å². The van der Waals surface area contributed by atoms with Crippen molar-refractivity contribution < 1.29 is 0 Å². The van der Waals surface area contributed by atoms with Gasteiger partial charge in [0.1, 0.15) is 11.6 Å². The number of hydrogen-bond donors (Lipinski definition) is 1. The molecule has 0 amide bonds. The first kappa shape index (κ1) is 10.1. The van der Waals surface area contributed by atoms with Crippen LogP contribution in [0.5, 0.6) is 0 Å². The third-order valence-electron chi connectivity index (χ3n) is 1.98. The summed E-state index contributed by atoms with van der Waals surface area (Å²) in [6, 6.07) is 1.85. The lowest BCUT2D eigenvalue weighted by atomic mass is 10.4. The number of nitrogens with zero attached hydrogens (tertiary/aromatic N) is 4. The Hall–Kier alpha value is -1.43. The fourth-order valence-corrected chi connectivity index (χ4v) is 1.54. The second kappa shape index (κ2) is 3.98. The predicted molar refractivity (Wildman–Crippen MR) is 60.2 cm³/mol. The SMILES string of the molecule is Cc1nccc(Cn2ncc(Br)c2N)n1. The zero-order chi connectivity index (χ0) is 10.8. The minimum Gasteiger partial charge on any atom is -0.383 e. The van der Waals surface area contributed by atoms with Gasteiger partial charge in [-0.1, -0.05) is 0 Å². The van der Waals surface area contributed by atoms with Crippen LogP contribution in [0.2, 0.25) is 0 Å². The van der Waals surface area contributed by atoms with Crippen molar-refractivity contribution in [3.8, 4) is 0 Å². The predicted octanol–water partition coefficient (Wildman–Crippen LogP) is 1.37. The minimum absolute atomic E-state index is 0.556. The van der Waals surface area contributed by atoms with Crippen molar-refractivity contribution in [2.24, 2.45) is 0 Å². The van der Waals surface area contributed by atoms with Crippen LogP contribution in [0.4, 0.5) is 5.82 Å². The van der Waals surface area contributed by atoms with Gasteiger partial charge in [0.2, 0.25) is 0 Å². The highest BCUT2D eigenvalue weighted by atomic mass is 79.9. The zero-order valence-corrected chi connectivity index (χ0v) is 9.77. The van der Waals surface area contributed by atoms with Crippen LogP contribution in [-0.2, 0) is 6.54 Å². The first-order valence-corrected chi connectivity index (χ1v) is 5.21. The molecule has 2 heterocycles. The Labute approximate surface area is 95.5 Å². The Balaban J connectivity index is 2.26. The Morgan fingerprint density at radius 2 is 2.33 bits per heavy atom. The standard InChI is InChI=1S/C9H10BrN5/c1-6-12-3-2-7(14-6)5-15-9(11)8(10)4-13-15/h2-4H,5,11H2,1H3. The van der Waals surface area contributed by atoms with Crippen LogP contribution in [0.25, 0.3) is 0 Å². The molecule has 15 heavy (non-hydrogen) atoms. The van der Waals surface area contributed by atoms with Gasteiger partial charge in [0.15, 0.2) is 0 Å². The Morgan fingerprint density at radius 1 is 1.53 bits per heavy atom. The first-order valence-electron chi connectivity index (χ1n) is 4.42. The van der Waals surface area contributed by atoms with Crippen molar-refractivity contribution in [3.63, 3.8) is 0 Å². The molecule has 0 atom stereocenters. The number of rotatable bonds is 2. The van der Waals surface area contributed by atoms with Crippen LogP contribution in [0.3, 0.4) is 0 Å². The molecule has 2 N–H and O–H groups in total. The molecule has 2 aromatic rings. The lowest BCUT2D eigenvalue weighted by molar-refractivity contribution is 0.677. The molecule has 5 nitrogen and oxygen atoms in total. The van der Waals surface area contributed by atoms with Gasteiger partial charge in [-0.15, -0.1) is 0 Å². The van der Waals surface area contributed by atoms with Crippen molar-refractivity contribution in [2.75, 3.05) is 5.73 Å². The second-order valence-corrected chi connectivity index (χ2v) is 3.98. The molecule has 0 fully saturated rings. The Kier molecular flexibility index (Phi) is 2.68. The van der Waals surface area contributed by atoms with Crippen molar-refractivity contribution in [1.82, 2.24) is 19.7 Å². The van der Waals surface area contributed by atoms with E-state index in [1.165, 1.54) is 0 Å². The quantitative estimate of drug-likeness (QED) is 0.893. The van der Waals surface area contributed by atoms with Gasteiger partial charge in [0.25, 0.3) is 0 Å². The van der Waals surface area contributed by atoms with Gasteiger partial charge in [-0.3, -0.25) is 0 Å². The van der Waals surface area contributed by atoms with Crippen LogP contribution >= 0.6 is 15.9 Å². The molecule has 78 valence electrons. The molecule has 0 saturated heterocycles. The van der Waals surface area contributed by atoms with E-state index < -0.39 is 0 Å². The number of hydrogen-bond acceptors (Lipinski definition) is 4. The zero-order valence-electron chi connectivity index (χ0n) is 8.18. The molecule has 0 bridgehead atoms. The van der Waals surface area contributed by atoms with E-state index in [2.05, 4.69) is 31.0 Å². The smallest absolute Gasteiger partial charge is 0.136 e. The number of nitrogen functional groups attached to an aromatic ring is 1. The van der Waals surface area contributed by atoms with Crippen LogP contribution in [0.1, 0.15) is 11.5 Å². The molecule has 0 spiro atoms. The minimum atomic E-state index is 0.556. The van der Waals surface area contributed by atoms with Gasteiger partial charge in [0, 0.05) is 6.20 Å². The second-order valence-electron chi connectivity index (χ2n) is 3.13. The summed E-state index contributed by atoms with van der Waals surface area (Å²) < 4.78 is 2.49. The summed E-state index contributed by atoms with van der Waals surface area (Å²) in [5.41, 5.74) is 6.69. The van der Waals surface area contributed by atoms with E-state index in [9.17, 15) is 0 Å². The van der Waals surface area contributed by atoms with Gasteiger partial charge in [-0.05, 0) is 28.9 Å². The van der Waals surface area contributed by atoms with Gasteiger partial charge in [-0.2, -0.15) is 5.10 Å². The normalized spacial score (nSPS) is 10.5. The van der Waals surface area contributed by atoms with E-state index in [1.54, 1.807) is 17.1 Å². The fraction of sp³-hybridized carbons (Fsp3) is 0.222. The van der Waals surface area contributed by atoms with Gasteiger partial charge >= 0.3 is 0 Å². The van der Waals surface area contributed by atoms with Gasteiger partial charge in [-0.25, -0.2) is 14.6 Å². The summed E-state index contributed by atoms with van der Waals surface area (Å²) in [6.45, 7) is 2.41. The van der Waals surface area contributed by atoms with Crippen molar-refractivity contribution >= 4 is 21.7 Å². The molecule has 2 aromatic heterocycles. The lowest BCUT2D eigenvalue weighted by Crippen LogP contribution is -2.08. The van der Waals surface area contributed by atoms with Crippen LogP contribution < -0.4 is 5.73 Å². The number of halogens is 1. The maximum absolute atomic E-state index is 5.80. The average Bonchev–Trinajstić information content (AvgIpc) is 2.50. The first-order chi connectivity index (χ1) is 7.16. The van der Waals surface area contributed by atoms with Gasteiger partial charge < -0.3 is 5.73 Å². The molecular formula is C9H10BrN5. The molecule has 0 aliphatic carbocycles. The maximum atomic E-state index is 5.80. The highest BCUT2D eigenvalue weighted by Gasteiger charge is 2.05. The van der Waals surface area contributed by atoms with E-state index in [4.69, 9.17) is 5.73 Å². The summed E-state index contributed by atoms with van der Waals surface area (Å²) in [6.07, 6.45) is 3.40. The van der Waals surface area contributed by atoms with E-state index in [1.807, 2.05) is 13.0 Å². The molecule has 0 aliphatic rings. The number of nitrogens with two attached hydrogens (primary N) is 1. The molecular weight excluding hydrogens is 258 g/mol. The van der Waals surface area contributed by atoms with Crippen molar-refractivity contribution in [3.05, 3.63) is 34.5 Å². The molecule has 6 heteroatoms. The van der Waals surface area contributed by atoms with E-state index in [0.717, 1.165) is 16.0 Å². The number of aromatic nitrogens is 4. The van der Waals surface area contributed by atoms with E-state index >= 15 is 0 Å². The third-order valence-corrected chi connectivity index (χ3v) is 2.59. The largest absolute Gasteiger partial charge is 0.383 e. The topological polar surface area (TPSA) is 69.6 Å². The number of anilines is 1. The molecule has 0 radical (unpaired) electrons. The summed E-state index contributed by atoms with van der Waals surface area (Å²) in [5.74, 6) is 1.35. The molecule has 2 rings (SSSR count). The number of aryl methyl sites for hydroxylation is 1. The van der Waals surface area contributed by atoms with Crippen molar-refractivity contribution in [1.29, 1.82) is 0 Å². The van der Waals surface area contributed by atoms with Gasteiger partial charge in [0.05, 0.1) is 22.9 Å². The molecule has 0 saturated carbocycles. The summed E-state index contributed by atoms with van der Waals surface area (Å²) in [5, 5.41) is 4.12. The van der Waals surface area contributed by atoms with Crippen molar-refractivity contribution in [2.45, 2.75) is 13.5 Å². The summed E-state index contributed by atoms with van der Waals surface area (Å²) in [4.78, 5) is 8.30. The maximum Gasteiger partial charge on any atom is 0.136 e. The summed E-state index contributed by atoms with van der Waals surface area (Å²) in [7, 11) is 0. The van der Waals surface area contributed by atoms with Crippen LogP contribution in [-0.4, -0.2) is 19.7 Å². The Bertz CT molecular complexity index is 479.